The van der Waals surface area contributed by atoms with Gasteiger partial charge in [-0.3, -0.25) is 14.9 Å². The predicted octanol–water partition coefficient (Wildman–Crippen LogP) is 2.43. The summed E-state index contributed by atoms with van der Waals surface area (Å²) in [4.78, 5) is 21.1. The Morgan fingerprint density at radius 1 is 1.58 bits per heavy atom. The molecule has 0 radical (unpaired) electrons. The molecular formula is C13H12N2O4. The summed E-state index contributed by atoms with van der Waals surface area (Å²) in [6.45, 7) is 2.03. The number of hydrogen-bond donors (Lipinski definition) is 0. The highest BCUT2D eigenvalue weighted by molar-refractivity contribution is 5.73. The van der Waals surface area contributed by atoms with Crippen LogP contribution in [0.25, 0.3) is 6.08 Å². The second-order valence-electron chi connectivity index (χ2n) is 3.55. The average Bonchev–Trinajstić information content (AvgIpc) is 2.39. The monoisotopic (exact) mass is 260 g/mol. The summed E-state index contributed by atoms with van der Waals surface area (Å²) in [5, 5.41) is 19.5. The van der Waals surface area contributed by atoms with E-state index in [0.717, 1.165) is 0 Å². The van der Waals surface area contributed by atoms with Gasteiger partial charge in [0.05, 0.1) is 23.5 Å². The zero-order valence-electron chi connectivity index (χ0n) is 10.3. The number of benzene rings is 1. The fourth-order valence-electron chi connectivity index (χ4n) is 1.40. The van der Waals surface area contributed by atoms with E-state index < -0.39 is 4.92 Å². The van der Waals surface area contributed by atoms with Gasteiger partial charge < -0.3 is 4.74 Å². The van der Waals surface area contributed by atoms with E-state index in [-0.39, 0.29) is 23.6 Å². The van der Waals surface area contributed by atoms with Crippen LogP contribution in [0.1, 0.15) is 24.5 Å². The maximum Gasteiger partial charge on any atom is 0.309 e. The lowest BCUT2D eigenvalue weighted by Crippen LogP contribution is -2.01. The molecule has 0 aromatic heterocycles. The Hall–Kier alpha value is -2.68. The molecule has 0 heterocycles. The van der Waals surface area contributed by atoms with Crippen molar-refractivity contribution in [3.8, 4) is 6.07 Å². The van der Waals surface area contributed by atoms with Crippen LogP contribution in [-0.2, 0) is 9.53 Å². The lowest BCUT2D eigenvalue weighted by Gasteiger charge is -1.99. The van der Waals surface area contributed by atoms with Gasteiger partial charge in [0.25, 0.3) is 5.69 Å². The molecule has 19 heavy (non-hydrogen) atoms. The Balaban J connectivity index is 2.84. The molecule has 0 amide bonds. The fraction of sp³-hybridized carbons (Fsp3) is 0.231. The Morgan fingerprint density at radius 2 is 2.32 bits per heavy atom. The van der Waals surface area contributed by atoms with Crippen molar-refractivity contribution in [1.29, 1.82) is 5.26 Å². The molecule has 98 valence electrons. The van der Waals surface area contributed by atoms with Crippen LogP contribution in [0, 0.1) is 21.4 Å². The topological polar surface area (TPSA) is 93.2 Å². The molecule has 0 unspecified atom stereocenters. The Morgan fingerprint density at radius 3 is 2.89 bits per heavy atom. The normalized spacial score (nSPS) is 10.1. The lowest BCUT2D eigenvalue weighted by molar-refractivity contribution is -0.384. The number of nitro groups is 1. The first-order valence-electron chi connectivity index (χ1n) is 5.59. The van der Waals surface area contributed by atoms with Crippen LogP contribution in [0.3, 0.4) is 0 Å². The van der Waals surface area contributed by atoms with Crippen LogP contribution >= 0.6 is 0 Å². The van der Waals surface area contributed by atoms with Crippen molar-refractivity contribution in [3.63, 3.8) is 0 Å². The van der Waals surface area contributed by atoms with Crippen LogP contribution in [0.5, 0.6) is 0 Å². The largest absolute Gasteiger partial charge is 0.466 e. The first kappa shape index (κ1) is 14.4. The highest BCUT2D eigenvalue weighted by Crippen LogP contribution is 2.18. The maximum absolute atomic E-state index is 11.1. The number of nitriles is 1. The van der Waals surface area contributed by atoms with Gasteiger partial charge in [0.2, 0.25) is 0 Å². The molecule has 0 atom stereocenters. The third-order valence-electron chi connectivity index (χ3n) is 2.26. The third kappa shape index (κ3) is 4.24. The van der Waals surface area contributed by atoms with Crippen molar-refractivity contribution < 1.29 is 14.5 Å². The second kappa shape index (κ2) is 6.91. The molecule has 1 aromatic carbocycles. The van der Waals surface area contributed by atoms with E-state index >= 15 is 0 Å². The smallest absolute Gasteiger partial charge is 0.309 e. The minimum absolute atomic E-state index is 0.0930. The Labute approximate surface area is 110 Å². The second-order valence-corrected chi connectivity index (χ2v) is 3.55. The fourth-order valence-corrected chi connectivity index (χ4v) is 1.40. The van der Waals surface area contributed by atoms with Gasteiger partial charge in [-0.05, 0) is 18.6 Å². The molecule has 0 aliphatic carbocycles. The molecular weight excluding hydrogens is 248 g/mol. The van der Waals surface area contributed by atoms with E-state index in [1.807, 2.05) is 6.07 Å². The molecule has 0 saturated carbocycles. The quantitative estimate of drug-likeness (QED) is 0.460. The van der Waals surface area contributed by atoms with Crippen LogP contribution in [0.4, 0.5) is 5.69 Å². The molecule has 6 nitrogen and oxygen atoms in total. The van der Waals surface area contributed by atoms with Crippen LogP contribution in [0.15, 0.2) is 24.3 Å². The molecule has 1 rings (SSSR count). The van der Waals surface area contributed by atoms with E-state index in [9.17, 15) is 14.9 Å². The third-order valence-corrected chi connectivity index (χ3v) is 2.26. The average molecular weight is 260 g/mol. The number of nitro benzene ring substituents is 1. The zero-order valence-corrected chi connectivity index (χ0v) is 10.3. The number of esters is 1. The maximum atomic E-state index is 11.1. The van der Waals surface area contributed by atoms with Crippen molar-refractivity contribution in [2.75, 3.05) is 6.61 Å². The molecule has 0 saturated heterocycles. The Kier molecular flexibility index (Phi) is 5.23. The van der Waals surface area contributed by atoms with Gasteiger partial charge >= 0.3 is 5.97 Å². The molecule has 0 aliphatic rings. The molecule has 0 fully saturated rings. The van der Waals surface area contributed by atoms with E-state index in [0.29, 0.717) is 12.2 Å². The summed E-state index contributed by atoms with van der Waals surface area (Å²) in [7, 11) is 0. The molecule has 0 N–H and O–H groups in total. The van der Waals surface area contributed by atoms with Crippen LogP contribution < -0.4 is 0 Å². The SMILES string of the molecule is CCOC(=O)CC=Cc1ccc([N+](=O)[O-])cc1C#N. The van der Waals surface area contributed by atoms with Crippen molar-refractivity contribution in [2.24, 2.45) is 0 Å². The zero-order chi connectivity index (χ0) is 14.3. The number of ether oxygens (including phenoxy) is 1. The Bertz CT molecular complexity index is 558. The molecule has 0 aliphatic heterocycles. The standard InChI is InChI=1S/C13H12N2O4/c1-2-19-13(16)5-3-4-10-6-7-12(15(17)18)8-11(10)9-14/h3-4,6-8H,2,5H2,1H3. The molecule has 0 bridgehead atoms. The van der Waals surface area contributed by atoms with E-state index in [4.69, 9.17) is 10.00 Å². The summed E-state index contributed by atoms with van der Waals surface area (Å²) in [5.74, 6) is -0.362. The lowest BCUT2D eigenvalue weighted by atomic mass is 10.1. The van der Waals surface area contributed by atoms with Crippen molar-refractivity contribution in [2.45, 2.75) is 13.3 Å². The number of hydrogen-bond acceptors (Lipinski definition) is 5. The highest BCUT2D eigenvalue weighted by atomic mass is 16.6. The van der Waals surface area contributed by atoms with Gasteiger partial charge in [0.15, 0.2) is 0 Å². The van der Waals surface area contributed by atoms with Gasteiger partial charge in [-0.1, -0.05) is 12.2 Å². The van der Waals surface area contributed by atoms with Crippen LogP contribution in [-0.4, -0.2) is 17.5 Å². The summed E-state index contributed by atoms with van der Waals surface area (Å²) >= 11 is 0. The number of nitrogens with zero attached hydrogens (tertiary/aromatic N) is 2. The van der Waals surface area contributed by atoms with Gasteiger partial charge in [0.1, 0.15) is 6.07 Å². The number of rotatable bonds is 5. The first-order valence-corrected chi connectivity index (χ1v) is 5.59. The van der Waals surface area contributed by atoms with E-state index in [1.54, 1.807) is 19.1 Å². The molecule has 0 spiro atoms. The highest BCUT2D eigenvalue weighted by Gasteiger charge is 2.08. The minimum atomic E-state index is -0.563. The molecule has 6 heteroatoms. The number of carbonyl (C=O) groups excluding carboxylic acids is 1. The minimum Gasteiger partial charge on any atom is -0.466 e. The van der Waals surface area contributed by atoms with Crippen molar-refractivity contribution >= 4 is 17.7 Å². The number of non-ortho nitro benzene ring substituents is 1. The summed E-state index contributed by atoms with van der Waals surface area (Å²) in [5.41, 5.74) is 0.575. The summed E-state index contributed by atoms with van der Waals surface area (Å²) in [6, 6.07) is 5.86. The van der Waals surface area contributed by atoms with Crippen molar-refractivity contribution in [3.05, 3.63) is 45.5 Å². The van der Waals surface area contributed by atoms with Gasteiger partial charge in [-0.2, -0.15) is 5.26 Å². The van der Waals surface area contributed by atoms with E-state index in [2.05, 4.69) is 0 Å². The first-order chi connectivity index (χ1) is 9.08. The van der Waals surface area contributed by atoms with Crippen molar-refractivity contribution in [1.82, 2.24) is 0 Å². The van der Waals surface area contributed by atoms with Gasteiger partial charge in [0, 0.05) is 12.1 Å². The predicted molar refractivity (Wildman–Crippen MR) is 68.1 cm³/mol. The summed E-state index contributed by atoms with van der Waals surface area (Å²) < 4.78 is 4.74. The molecule has 1 aromatic rings. The van der Waals surface area contributed by atoms with E-state index in [1.165, 1.54) is 18.2 Å². The van der Waals surface area contributed by atoms with Gasteiger partial charge in [-0.15, -0.1) is 0 Å². The number of carbonyl (C=O) groups is 1. The summed E-state index contributed by atoms with van der Waals surface area (Å²) in [6.07, 6.45) is 3.22. The van der Waals surface area contributed by atoms with Crippen LogP contribution in [0.2, 0.25) is 0 Å². The van der Waals surface area contributed by atoms with Gasteiger partial charge in [-0.25, -0.2) is 0 Å².